The predicted molar refractivity (Wildman–Crippen MR) is 68.0 cm³/mol. The maximum absolute atomic E-state index is 13.5. The van der Waals surface area contributed by atoms with Gasteiger partial charge in [0.1, 0.15) is 6.04 Å². The van der Waals surface area contributed by atoms with Gasteiger partial charge in [0, 0.05) is 0 Å². The van der Waals surface area contributed by atoms with Crippen molar-refractivity contribution in [3.05, 3.63) is 33.4 Å². The molecule has 0 fully saturated rings. The molecule has 2 N–H and O–H groups in total. The molecule has 0 saturated heterocycles. The van der Waals surface area contributed by atoms with Gasteiger partial charge < -0.3 is 5.73 Å². The first-order valence-electron chi connectivity index (χ1n) is 6.01. The third-order valence-electron chi connectivity index (χ3n) is 4.07. The molecule has 19 heavy (non-hydrogen) atoms. The Labute approximate surface area is 110 Å². The molecule has 1 nitrogen and oxygen atoms in total. The Kier molecular flexibility index (Phi) is 4.30. The topological polar surface area (TPSA) is 26.0 Å². The molecule has 0 saturated carbocycles. The Morgan fingerprint density at radius 2 is 1.11 bits per heavy atom. The summed E-state index contributed by atoms with van der Waals surface area (Å²) in [6.45, 7) is 8.74. The third-order valence-corrected chi connectivity index (χ3v) is 4.07. The Morgan fingerprint density at radius 3 is 1.42 bits per heavy atom. The highest BCUT2D eigenvalue weighted by atomic mass is 19.3. The molecule has 0 aliphatic heterocycles. The first-order valence-corrected chi connectivity index (χ1v) is 6.01. The van der Waals surface area contributed by atoms with Crippen LogP contribution in [0.3, 0.4) is 0 Å². The minimum Gasteiger partial charge on any atom is -0.319 e. The van der Waals surface area contributed by atoms with E-state index >= 15 is 0 Å². The van der Waals surface area contributed by atoms with Crippen LogP contribution in [0.4, 0.5) is 17.6 Å². The van der Waals surface area contributed by atoms with Crippen LogP contribution in [-0.4, -0.2) is 12.3 Å². The van der Waals surface area contributed by atoms with Crippen LogP contribution in [0, 0.1) is 34.6 Å². The van der Waals surface area contributed by atoms with Crippen LogP contribution in [0.1, 0.15) is 39.4 Å². The summed E-state index contributed by atoms with van der Waals surface area (Å²) in [7, 11) is 0. The van der Waals surface area contributed by atoms with Crippen LogP contribution in [0.5, 0.6) is 0 Å². The van der Waals surface area contributed by atoms with E-state index in [0.717, 1.165) is 16.7 Å². The average molecular weight is 277 g/mol. The molecule has 0 aliphatic carbocycles. The molecule has 1 rings (SSSR count). The second-order valence-electron chi connectivity index (χ2n) is 4.99. The van der Waals surface area contributed by atoms with Crippen LogP contribution < -0.4 is 5.73 Å². The van der Waals surface area contributed by atoms with Crippen molar-refractivity contribution in [3.63, 3.8) is 0 Å². The van der Waals surface area contributed by atoms with Crippen molar-refractivity contribution in [1.82, 2.24) is 0 Å². The summed E-state index contributed by atoms with van der Waals surface area (Å²) in [6.07, 6.45) is -3.77. The third kappa shape index (κ3) is 2.48. The smallest absolute Gasteiger partial charge is 0.319 e. The largest absolute Gasteiger partial charge is 0.326 e. The van der Waals surface area contributed by atoms with Gasteiger partial charge in [-0.2, -0.15) is 8.78 Å². The van der Waals surface area contributed by atoms with Crippen LogP contribution in [0.2, 0.25) is 0 Å². The van der Waals surface area contributed by atoms with E-state index in [1.54, 1.807) is 27.7 Å². The zero-order valence-corrected chi connectivity index (χ0v) is 11.7. The summed E-state index contributed by atoms with van der Waals surface area (Å²) in [5, 5.41) is 0. The zero-order chi connectivity index (χ0) is 15.1. The highest BCUT2D eigenvalue weighted by Gasteiger charge is 2.48. The number of benzene rings is 1. The number of alkyl halides is 4. The van der Waals surface area contributed by atoms with Crippen LogP contribution in [0.15, 0.2) is 0 Å². The number of hydrogen-bond acceptors (Lipinski definition) is 1. The van der Waals surface area contributed by atoms with E-state index in [-0.39, 0.29) is 5.56 Å². The second kappa shape index (κ2) is 5.12. The molecule has 1 aromatic carbocycles. The van der Waals surface area contributed by atoms with Gasteiger partial charge in [-0.1, -0.05) is 0 Å². The maximum atomic E-state index is 13.5. The molecule has 108 valence electrons. The molecule has 0 bridgehead atoms. The van der Waals surface area contributed by atoms with E-state index in [0.29, 0.717) is 11.1 Å². The van der Waals surface area contributed by atoms with Crippen molar-refractivity contribution in [2.75, 3.05) is 0 Å². The van der Waals surface area contributed by atoms with Crippen LogP contribution >= 0.6 is 0 Å². The lowest BCUT2D eigenvalue weighted by atomic mass is 9.85. The molecule has 1 atom stereocenters. The van der Waals surface area contributed by atoms with E-state index in [1.807, 2.05) is 6.92 Å². The normalized spacial score (nSPS) is 14.1. The molecule has 0 amide bonds. The number of halogens is 4. The standard InChI is InChI=1S/C14H19F4N/c1-6-7(2)9(4)11(10(5)8(6)3)12(19)14(17,18)13(15)16/h12-13H,19H2,1-5H3. The number of rotatable bonds is 3. The van der Waals surface area contributed by atoms with Crippen molar-refractivity contribution in [1.29, 1.82) is 0 Å². The van der Waals surface area contributed by atoms with Gasteiger partial charge in [0.05, 0.1) is 0 Å². The van der Waals surface area contributed by atoms with Crippen molar-refractivity contribution in [2.45, 2.75) is 53.0 Å². The monoisotopic (exact) mass is 277 g/mol. The highest BCUT2D eigenvalue weighted by Crippen LogP contribution is 2.39. The fourth-order valence-corrected chi connectivity index (χ4v) is 2.32. The minimum absolute atomic E-state index is 0.130. The van der Waals surface area contributed by atoms with Gasteiger partial charge in [-0.25, -0.2) is 8.78 Å². The summed E-state index contributed by atoms with van der Waals surface area (Å²) in [6, 6.07) is -1.99. The lowest BCUT2D eigenvalue weighted by molar-refractivity contribution is -0.144. The second-order valence-corrected chi connectivity index (χ2v) is 4.99. The average Bonchev–Trinajstić information content (AvgIpc) is 2.33. The molecule has 0 aromatic heterocycles. The minimum atomic E-state index is -4.23. The van der Waals surface area contributed by atoms with E-state index in [4.69, 9.17) is 5.73 Å². The van der Waals surface area contributed by atoms with E-state index in [1.165, 1.54) is 0 Å². The quantitative estimate of drug-likeness (QED) is 0.826. The van der Waals surface area contributed by atoms with Crippen LogP contribution in [-0.2, 0) is 0 Å². The van der Waals surface area contributed by atoms with Crippen LogP contribution in [0.25, 0.3) is 0 Å². The first kappa shape index (κ1) is 16.0. The molecule has 1 aromatic rings. The molecule has 1 unspecified atom stereocenters. The molecule has 0 heterocycles. The summed E-state index contributed by atoms with van der Waals surface area (Å²) in [5.41, 5.74) is 9.30. The lowest BCUT2D eigenvalue weighted by Crippen LogP contribution is -2.40. The van der Waals surface area contributed by atoms with Gasteiger partial charge in [-0.15, -0.1) is 0 Å². The van der Waals surface area contributed by atoms with Crippen molar-refractivity contribution >= 4 is 0 Å². The van der Waals surface area contributed by atoms with Gasteiger partial charge in [-0.3, -0.25) is 0 Å². The molecule has 0 aliphatic rings. The fourth-order valence-electron chi connectivity index (χ4n) is 2.32. The van der Waals surface area contributed by atoms with E-state index in [2.05, 4.69) is 0 Å². The van der Waals surface area contributed by atoms with Gasteiger partial charge >= 0.3 is 12.3 Å². The Hall–Kier alpha value is -1.10. The fraction of sp³-hybridized carbons (Fsp3) is 0.571. The van der Waals surface area contributed by atoms with E-state index < -0.39 is 18.4 Å². The Bertz CT molecular complexity index is 466. The first-order chi connectivity index (χ1) is 8.53. The van der Waals surface area contributed by atoms with Crippen molar-refractivity contribution < 1.29 is 17.6 Å². The summed E-state index contributed by atoms with van der Waals surface area (Å²) < 4.78 is 51.9. The number of hydrogen-bond donors (Lipinski definition) is 1. The predicted octanol–water partition coefficient (Wildman–Crippen LogP) is 4.13. The molecular formula is C14H19F4N. The lowest BCUT2D eigenvalue weighted by Gasteiger charge is -2.28. The molecule has 5 heteroatoms. The van der Waals surface area contributed by atoms with E-state index in [9.17, 15) is 17.6 Å². The summed E-state index contributed by atoms with van der Waals surface area (Å²) in [5.74, 6) is -4.23. The maximum Gasteiger partial charge on any atom is 0.326 e. The zero-order valence-electron chi connectivity index (χ0n) is 11.7. The Balaban J connectivity index is 3.53. The molecular weight excluding hydrogens is 258 g/mol. The van der Waals surface area contributed by atoms with Gasteiger partial charge in [0.2, 0.25) is 0 Å². The SMILES string of the molecule is Cc1c(C)c(C)c(C(N)C(F)(F)C(F)F)c(C)c1C. The number of nitrogens with two attached hydrogens (primary N) is 1. The van der Waals surface area contributed by atoms with Gasteiger partial charge in [0.25, 0.3) is 0 Å². The van der Waals surface area contributed by atoms with Gasteiger partial charge in [0.15, 0.2) is 0 Å². The summed E-state index contributed by atoms with van der Waals surface area (Å²) >= 11 is 0. The highest BCUT2D eigenvalue weighted by molar-refractivity contribution is 5.51. The Morgan fingerprint density at radius 1 is 0.789 bits per heavy atom. The molecule has 0 spiro atoms. The van der Waals surface area contributed by atoms with Crippen molar-refractivity contribution in [2.24, 2.45) is 5.73 Å². The summed E-state index contributed by atoms with van der Waals surface area (Å²) in [4.78, 5) is 0. The van der Waals surface area contributed by atoms with Crippen molar-refractivity contribution in [3.8, 4) is 0 Å². The van der Waals surface area contributed by atoms with Gasteiger partial charge in [-0.05, 0) is 68.0 Å². The molecule has 0 radical (unpaired) electrons.